The van der Waals surface area contributed by atoms with Crippen molar-refractivity contribution in [2.24, 2.45) is 11.3 Å². The summed E-state index contributed by atoms with van der Waals surface area (Å²) in [5.41, 5.74) is 2.92. The van der Waals surface area contributed by atoms with Gasteiger partial charge in [0.15, 0.2) is 0 Å². The standard InChI is InChI=1S/C25H33FN4O/c1-17(2)13-22(25(3,4)16-27-24(31)29(5)6)18-7-12-23-19(14-18)15-28-30(23)21-10-8-20(26)9-11-21/h7-12,14-15,17,22H,13,16H2,1-6H3,(H,27,31). The monoisotopic (exact) mass is 424 g/mol. The van der Waals surface area contributed by atoms with Crippen LogP contribution in [0.3, 0.4) is 0 Å². The van der Waals surface area contributed by atoms with Crippen LogP contribution in [0.1, 0.15) is 45.6 Å². The minimum Gasteiger partial charge on any atom is -0.337 e. The predicted molar refractivity (Wildman–Crippen MR) is 124 cm³/mol. The fourth-order valence-electron chi connectivity index (χ4n) is 4.02. The van der Waals surface area contributed by atoms with E-state index < -0.39 is 0 Å². The van der Waals surface area contributed by atoms with Crippen LogP contribution in [0.4, 0.5) is 9.18 Å². The molecule has 5 nitrogen and oxygen atoms in total. The van der Waals surface area contributed by atoms with Gasteiger partial charge in [-0.25, -0.2) is 13.9 Å². The largest absolute Gasteiger partial charge is 0.337 e. The van der Waals surface area contributed by atoms with E-state index in [0.29, 0.717) is 12.5 Å². The molecule has 166 valence electrons. The van der Waals surface area contributed by atoms with Crippen molar-refractivity contribution in [2.45, 2.75) is 40.0 Å². The van der Waals surface area contributed by atoms with Gasteiger partial charge in [-0.05, 0) is 65.6 Å². The van der Waals surface area contributed by atoms with E-state index in [1.54, 1.807) is 31.1 Å². The molecule has 0 spiro atoms. The smallest absolute Gasteiger partial charge is 0.316 e. The van der Waals surface area contributed by atoms with Gasteiger partial charge in [-0.1, -0.05) is 33.8 Å². The van der Waals surface area contributed by atoms with Crippen LogP contribution in [0, 0.1) is 17.2 Å². The first kappa shape index (κ1) is 22.8. The molecule has 1 unspecified atom stereocenters. The lowest BCUT2D eigenvalue weighted by Crippen LogP contribution is -2.42. The molecular weight excluding hydrogens is 391 g/mol. The van der Waals surface area contributed by atoms with Crippen LogP contribution in [-0.4, -0.2) is 41.4 Å². The van der Waals surface area contributed by atoms with E-state index in [9.17, 15) is 9.18 Å². The quantitative estimate of drug-likeness (QED) is 0.537. The van der Waals surface area contributed by atoms with E-state index in [2.05, 4.69) is 56.3 Å². The summed E-state index contributed by atoms with van der Waals surface area (Å²) < 4.78 is 15.1. The first-order valence-corrected chi connectivity index (χ1v) is 10.8. The molecule has 0 aliphatic rings. The van der Waals surface area contributed by atoms with Gasteiger partial charge in [0, 0.05) is 26.0 Å². The van der Waals surface area contributed by atoms with Crippen LogP contribution in [0.15, 0.2) is 48.7 Å². The van der Waals surface area contributed by atoms with E-state index in [-0.39, 0.29) is 23.2 Å². The molecule has 1 N–H and O–H groups in total. The van der Waals surface area contributed by atoms with E-state index in [4.69, 9.17) is 0 Å². The number of fused-ring (bicyclic) bond motifs is 1. The van der Waals surface area contributed by atoms with Gasteiger partial charge >= 0.3 is 6.03 Å². The van der Waals surface area contributed by atoms with Crippen molar-refractivity contribution < 1.29 is 9.18 Å². The van der Waals surface area contributed by atoms with Crippen molar-refractivity contribution in [3.63, 3.8) is 0 Å². The van der Waals surface area contributed by atoms with Gasteiger partial charge < -0.3 is 10.2 Å². The third kappa shape index (κ3) is 5.24. The molecule has 1 atom stereocenters. The summed E-state index contributed by atoms with van der Waals surface area (Å²) in [4.78, 5) is 13.6. The molecule has 0 radical (unpaired) electrons. The van der Waals surface area contributed by atoms with Crippen LogP contribution >= 0.6 is 0 Å². The fraction of sp³-hybridized carbons (Fsp3) is 0.440. The summed E-state index contributed by atoms with van der Waals surface area (Å²) in [6.07, 6.45) is 2.87. The van der Waals surface area contributed by atoms with Crippen LogP contribution in [0.2, 0.25) is 0 Å². The van der Waals surface area contributed by atoms with E-state index in [1.807, 2.05) is 10.9 Å². The third-order valence-corrected chi connectivity index (χ3v) is 5.82. The average Bonchev–Trinajstić information content (AvgIpc) is 3.13. The maximum Gasteiger partial charge on any atom is 0.316 e. The number of rotatable bonds is 7. The van der Waals surface area contributed by atoms with Crippen molar-refractivity contribution >= 4 is 16.9 Å². The number of nitrogens with zero attached hydrogens (tertiary/aromatic N) is 3. The van der Waals surface area contributed by atoms with Crippen LogP contribution in [0.5, 0.6) is 0 Å². The molecule has 2 aromatic carbocycles. The Hall–Kier alpha value is -2.89. The van der Waals surface area contributed by atoms with Gasteiger partial charge in [0.2, 0.25) is 0 Å². The molecule has 0 aliphatic heterocycles. The zero-order chi connectivity index (χ0) is 22.8. The Balaban J connectivity index is 1.93. The summed E-state index contributed by atoms with van der Waals surface area (Å²) in [5, 5.41) is 8.63. The van der Waals surface area contributed by atoms with Gasteiger partial charge in [0.05, 0.1) is 17.4 Å². The first-order valence-electron chi connectivity index (χ1n) is 10.8. The molecule has 3 aromatic rings. The number of hydrogen-bond donors (Lipinski definition) is 1. The highest BCUT2D eigenvalue weighted by Gasteiger charge is 2.32. The molecule has 0 aliphatic carbocycles. The van der Waals surface area contributed by atoms with Crippen molar-refractivity contribution in [1.29, 1.82) is 0 Å². The predicted octanol–water partition coefficient (Wildman–Crippen LogP) is 5.59. The van der Waals surface area contributed by atoms with E-state index in [0.717, 1.165) is 23.0 Å². The number of halogens is 1. The highest BCUT2D eigenvalue weighted by atomic mass is 19.1. The number of carbonyl (C=O) groups is 1. The average molecular weight is 425 g/mol. The Labute approximate surface area is 184 Å². The van der Waals surface area contributed by atoms with Gasteiger partial charge in [0.25, 0.3) is 0 Å². The maximum atomic E-state index is 13.3. The Morgan fingerprint density at radius 3 is 2.45 bits per heavy atom. The summed E-state index contributed by atoms with van der Waals surface area (Å²) in [7, 11) is 3.50. The van der Waals surface area contributed by atoms with E-state index in [1.165, 1.54) is 17.7 Å². The summed E-state index contributed by atoms with van der Waals surface area (Å²) in [6.45, 7) is 9.47. The van der Waals surface area contributed by atoms with Gasteiger partial charge in [-0.15, -0.1) is 0 Å². The summed E-state index contributed by atoms with van der Waals surface area (Å²) in [6, 6.07) is 12.7. The highest BCUT2D eigenvalue weighted by Crippen LogP contribution is 2.41. The van der Waals surface area contributed by atoms with Crippen molar-refractivity contribution in [3.05, 3.63) is 60.0 Å². The Morgan fingerprint density at radius 2 is 1.84 bits per heavy atom. The molecule has 3 rings (SSSR count). The molecule has 6 heteroatoms. The minimum atomic E-state index is -0.261. The second-order valence-electron chi connectivity index (χ2n) is 9.57. The lowest BCUT2D eigenvalue weighted by atomic mass is 9.71. The molecular formula is C25H33FN4O. The summed E-state index contributed by atoms with van der Waals surface area (Å²) >= 11 is 0. The first-order chi connectivity index (χ1) is 14.6. The molecule has 0 saturated carbocycles. The topological polar surface area (TPSA) is 50.2 Å². The normalized spacial score (nSPS) is 12.9. The third-order valence-electron chi connectivity index (χ3n) is 5.82. The number of benzene rings is 2. The molecule has 31 heavy (non-hydrogen) atoms. The number of nitrogens with one attached hydrogen (secondary N) is 1. The summed E-state index contributed by atoms with van der Waals surface area (Å²) in [5.74, 6) is 0.530. The molecule has 1 aromatic heterocycles. The number of urea groups is 1. The van der Waals surface area contributed by atoms with E-state index >= 15 is 0 Å². The van der Waals surface area contributed by atoms with Crippen LogP contribution in [-0.2, 0) is 0 Å². The highest BCUT2D eigenvalue weighted by molar-refractivity contribution is 5.81. The zero-order valence-corrected chi connectivity index (χ0v) is 19.3. The molecule has 1 heterocycles. The number of carbonyl (C=O) groups excluding carboxylic acids is 1. The van der Waals surface area contributed by atoms with Crippen molar-refractivity contribution in [1.82, 2.24) is 20.0 Å². The Kier molecular flexibility index (Phi) is 6.68. The fourth-order valence-corrected chi connectivity index (χ4v) is 4.02. The maximum absolute atomic E-state index is 13.3. The SMILES string of the molecule is CC(C)CC(c1ccc2c(cnn2-c2ccc(F)cc2)c1)C(C)(C)CNC(=O)N(C)C. The Bertz CT molecular complexity index is 1040. The van der Waals surface area contributed by atoms with Crippen LogP contribution in [0.25, 0.3) is 16.6 Å². The number of hydrogen-bond acceptors (Lipinski definition) is 2. The van der Waals surface area contributed by atoms with Gasteiger partial charge in [-0.3, -0.25) is 0 Å². The number of aromatic nitrogens is 2. The van der Waals surface area contributed by atoms with Gasteiger partial charge in [0.1, 0.15) is 5.82 Å². The number of amides is 2. The van der Waals surface area contributed by atoms with Gasteiger partial charge in [-0.2, -0.15) is 5.10 Å². The second-order valence-corrected chi connectivity index (χ2v) is 9.57. The Morgan fingerprint density at radius 1 is 1.16 bits per heavy atom. The van der Waals surface area contributed by atoms with Crippen molar-refractivity contribution in [2.75, 3.05) is 20.6 Å². The van der Waals surface area contributed by atoms with Crippen molar-refractivity contribution in [3.8, 4) is 5.69 Å². The van der Waals surface area contributed by atoms with Crippen LogP contribution < -0.4 is 5.32 Å². The molecule has 0 fully saturated rings. The molecule has 0 bridgehead atoms. The zero-order valence-electron chi connectivity index (χ0n) is 19.3. The lowest BCUT2D eigenvalue weighted by Gasteiger charge is -2.36. The lowest BCUT2D eigenvalue weighted by molar-refractivity contribution is 0.200. The molecule has 2 amide bonds. The molecule has 0 saturated heterocycles. The second kappa shape index (κ2) is 9.08. The minimum absolute atomic E-state index is 0.0765.